The maximum Gasteiger partial charge on any atom is 0.128 e. The summed E-state index contributed by atoms with van der Waals surface area (Å²) >= 11 is 0. The number of fused-ring (bicyclic) bond motifs is 1. The molecule has 1 aliphatic rings. The van der Waals surface area contributed by atoms with Gasteiger partial charge in [0.2, 0.25) is 0 Å². The molecular formula is C18H20FNO. The number of hydrogen-bond donors (Lipinski definition) is 1. The summed E-state index contributed by atoms with van der Waals surface area (Å²) in [5.74, 6) is 0.742. The van der Waals surface area contributed by atoms with Gasteiger partial charge in [0.15, 0.2) is 0 Å². The van der Waals surface area contributed by atoms with Gasteiger partial charge in [-0.25, -0.2) is 4.39 Å². The molecule has 3 heteroatoms. The Morgan fingerprint density at radius 3 is 2.90 bits per heavy atom. The highest BCUT2D eigenvalue weighted by molar-refractivity contribution is 5.49. The lowest BCUT2D eigenvalue weighted by atomic mass is 9.94. The molecule has 21 heavy (non-hydrogen) atoms. The highest BCUT2D eigenvalue weighted by Gasteiger charge is 2.24. The summed E-state index contributed by atoms with van der Waals surface area (Å²) in [5, 5.41) is 3.39. The molecule has 0 saturated carbocycles. The number of halogens is 1. The second kappa shape index (κ2) is 5.86. The van der Waals surface area contributed by atoms with Crippen molar-refractivity contribution in [3.63, 3.8) is 0 Å². The Bertz CT molecular complexity index is 654. The van der Waals surface area contributed by atoms with Crippen LogP contribution in [0.15, 0.2) is 36.4 Å². The van der Waals surface area contributed by atoms with E-state index in [0.717, 1.165) is 29.8 Å². The van der Waals surface area contributed by atoms with Crippen LogP contribution in [0.1, 0.15) is 35.2 Å². The molecule has 0 saturated heterocycles. The van der Waals surface area contributed by atoms with Gasteiger partial charge in [-0.3, -0.25) is 0 Å². The monoisotopic (exact) mass is 285 g/mol. The molecule has 2 aromatic rings. The standard InChI is InChI=1S/C18H20FNO/c1-3-20-17(15-11-12(2)7-8-16(15)19)14-6-4-5-13-9-10-21-18(13)14/h4-8,11,17,20H,3,9-10H2,1-2H3. The summed E-state index contributed by atoms with van der Waals surface area (Å²) in [7, 11) is 0. The van der Waals surface area contributed by atoms with Crippen LogP contribution in [0.4, 0.5) is 4.39 Å². The van der Waals surface area contributed by atoms with Crippen molar-refractivity contribution in [2.24, 2.45) is 0 Å². The molecule has 0 bridgehead atoms. The zero-order valence-corrected chi connectivity index (χ0v) is 12.4. The zero-order chi connectivity index (χ0) is 14.8. The molecule has 0 aromatic heterocycles. The Morgan fingerprint density at radius 1 is 1.24 bits per heavy atom. The maximum absolute atomic E-state index is 14.3. The third-order valence-corrected chi connectivity index (χ3v) is 3.93. The zero-order valence-electron chi connectivity index (χ0n) is 12.4. The first-order valence-corrected chi connectivity index (χ1v) is 7.44. The Balaban J connectivity index is 2.10. The molecule has 2 nitrogen and oxygen atoms in total. The summed E-state index contributed by atoms with van der Waals surface area (Å²) < 4.78 is 20.1. The molecule has 0 radical (unpaired) electrons. The number of hydrogen-bond acceptors (Lipinski definition) is 2. The maximum atomic E-state index is 14.3. The summed E-state index contributed by atoms with van der Waals surface area (Å²) in [6.07, 6.45) is 0.929. The number of aryl methyl sites for hydroxylation is 1. The Kier molecular flexibility index (Phi) is 3.93. The van der Waals surface area contributed by atoms with Crippen molar-refractivity contribution in [2.45, 2.75) is 26.3 Å². The Labute approximate surface area is 125 Å². The number of nitrogens with one attached hydrogen (secondary N) is 1. The number of ether oxygens (including phenoxy) is 1. The third-order valence-electron chi connectivity index (χ3n) is 3.93. The van der Waals surface area contributed by atoms with Crippen LogP contribution in [-0.4, -0.2) is 13.2 Å². The predicted octanol–water partition coefficient (Wildman–Crippen LogP) is 3.77. The topological polar surface area (TPSA) is 21.3 Å². The van der Waals surface area contributed by atoms with Crippen molar-refractivity contribution in [1.82, 2.24) is 5.32 Å². The van der Waals surface area contributed by atoms with Crippen molar-refractivity contribution >= 4 is 0 Å². The average Bonchev–Trinajstić information content (AvgIpc) is 2.96. The lowest BCUT2D eigenvalue weighted by molar-refractivity contribution is 0.350. The number of rotatable bonds is 4. The fourth-order valence-electron chi connectivity index (χ4n) is 2.94. The highest BCUT2D eigenvalue weighted by atomic mass is 19.1. The first-order chi connectivity index (χ1) is 10.2. The highest BCUT2D eigenvalue weighted by Crippen LogP contribution is 2.37. The quantitative estimate of drug-likeness (QED) is 0.923. The van der Waals surface area contributed by atoms with Crippen LogP contribution in [0.25, 0.3) is 0 Å². The minimum Gasteiger partial charge on any atom is -0.493 e. The molecule has 0 amide bonds. The van der Waals surface area contributed by atoms with Crippen LogP contribution in [-0.2, 0) is 6.42 Å². The first kappa shape index (κ1) is 14.1. The number of benzene rings is 2. The van der Waals surface area contributed by atoms with Gasteiger partial charge in [0.25, 0.3) is 0 Å². The lowest BCUT2D eigenvalue weighted by Gasteiger charge is -2.22. The van der Waals surface area contributed by atoms with E-state index in [4.69, 9.17) is 4.74 Å². The summed E-state index contributed by atoms with van der Waals surface area (Å²) in [5.41, 5.74) is 3.98. The van der Waals surface area contributed by atoms with Crippen molar-refractivity contribution in [3.05, 3.63) is 64.5 Å². The summed E-state index contributed by atoms with van der Waals surface area (Å²) in [4.78, 5) is 0. The first-order valence-electron chi connectivity index (χ1n) is 7.44. The Morgan fingerprint density at radius 2 is 2.10 bits per heavy atom. The van der Waals surface area contributed by atoms with E-state index >= 15 is 0 Å². The van der Waals surface area contributed by atoms with E-state index in [2.05, 4.69) is 11.4 Å². The molecule has 0 spiro atoms. The molecule has 1 heterocycles. The summed E-state index contributed by atoms with van der Waals surface area (Å²) in [6, 6.07) is 11.2. The van der Waals surface area contributed by atoms with Crippen LogP contribution in [0.2, 0.25) is 0 Å². The number of para-hydroxylation sites is 1. The predicted molar refractivity (Wildman–Crippen MR) is 82.3 cm³/mol. The van der Waals surface area contributed by atoms with Crippen LogP contribution in [0.3, 0.4) is 0 Å². The van der Waals surface area contributed by atoms with Gasteiger partial charge in [0, 0.05) is 17.5 Å². The van der Waals surface area contributed by atoms with E-state index in [1.807, 2.05) is 32.0 Å². The second-order valence-electron chi connectivity index (χ2n) is 5.45. The molecule has 0 fully saturated rings. The van der Waals surface area contributed by atoms with Gasteiger partial charge >= 0.3 is 0 Å². The molecule has 110 valence electrons. The van der Waals surface area contributed by atoms with Crippen molar-refractivity contribution in [2.75, 3.05) is 13.2 Å². The van der Waals surface area contributed by atoms with E-state index < -0.39 is 0 Å². The minimum absolute atomic E-state index is 0.178. The summed E-state index contributed by atoms with van der Waals surface area (Å²) in [6.45, 7) is 5.49. The van der Waals surface area contributed by atoms with E-state index in [1.165, 1.54) is 5.56 Å². The van der Waals surface area contributed by atoms with Gasteiger partial charge in [-0.1, -0.05) is 42.8 Å². The van der Waals surface area contributed by atoms with Gasteiger partial charge in [-0.2, -0.15) is 0 Å². The van der Waals surface area contributed by atoms with Crippen LogP contribution >= 0.6 is 0 Å². The second-order valence-corrected chi connectivity index (χ2v) is 5.45. The van der Waals surface area contributed by atoms with Gasteiger partial charge < -0.3 is 10.1 Å². The molecule has 3 rings (SSSR count). The molecule has 1 aliphatic heterocycles. The molecule has 1 N–H and O–H groups in total. The van der Waals surface area contributed by atoms with Crippen LogP contribution in [0.5, 0.6) is 5.75 Å². The van der Waals surface area contributed by atoms with Gasteiger partial charge in [0.1, 0.15) is 11.6 Å². The third kappa shape index (κ3) is 2.66. The van der Waals surface area contributed by atoms with E-state index in [1.54, 1.807) is 12.1 Å². The minimum atomic E-state index is -0.179. The molecule has 0 aliphatic carbocycles. The molecule has 1 atom stereocenters. The molecule has 1 unspecified atom stereocenters. The molecular weight excluding hydrogens is 265 g/mol. The van der Waals surface area contributed by atoms with Crippen LogP contribution in [0, 0.1) is 12.7 Å². The van der Waals surface area contributed by atoms with Gasteiger partial charge in [-0.05, 0) is 25.1 Å². The lowest BCUT2D eigenvalue weighted by Crippen LogP contribution is -2.23. The Hall–Kier alpha value is -1.87. The average molecular weight is 285 g/mol. The normalized spacial score (nSPS) is 14.6. The van der Waals surface area contributed by atoms with Crippen molar-refractivity contribution < 1.29 is 9.13 Å². The van der Waals surface area contributed by atoms with Crippen LogP contribution < -0.4 is 10.1 Å². The fourth-order valence-corrected chi connectivity index (χ4v) is 2.94. The van der Waals surface area contributed by atoms with E-state index in [-0.39, 0.29) is 11.9 Å². The fraction of sp³-hybridized carbons (Fsp3) is 0.333. The smallest absolute Gasteiger partial charge is 0.128 e. The van der Waals surface area contributed by atoms with E-state index in [0.29, 0.717) is 12.2 Å². The largest absolute Gasteiger partial charge is 0.493 e. The SMILES string of the molecule is CCNC(c1cc(C)ccc1F)c1cccc2c1OCC2. The molecule has 2 aromatic carbocycles. The van der Waals surface area contributed by atoms with Crippen molar-refractivity contribution in [1.29, 1.82) is 0 Å². The van der Waals surface area contributed by atoms with E-state index in [9.17, 15) is 4.39 Å². The van der Waals surface area contributed by atoms with Gasteiger partial charge in [-0.15, -0.1) is 0 Å². The van der Waals surface area contributed by atoms with Crippen molar-refractivity contribution in [3.8, 4) is 5.75 Å². The van der Waals surface area contributed by atoms with Gasteiger partial charge in [0.05, 0.1) is 12.6 Å².